The Morgan fingerprint density at radius 2 is 1.49 bits per heavy atom. The first-order valence-corrected chi connectivity index (χ1v) is 13.0. The van der Waals surface area contributed by atoms with Crippen LogP contribution in [0.5, 0.6) is 11.5 Å². The number of fused-ring (bicyclic) bond motifs is 3. The number of benzene rings is 4. The van der Waals surface area contributed by atoms with Crippen LogP contribution in [0.15, 0.2) is 95.5 Å². The zero-order chi connectivity index (χ0) is 25.6. The van der Waals surface area contributed by atoms with Crippen molar-refractivity contribution >= 4 is 21.9 Å². The number of hydrogen-bond acceptors (Lipinski definition) is 5. The van der Waals surface area contributed by atoms with E-state index in [0.29, 0.717) is 17.9 Å². The molecule has 5 nitrogen and oxygen atoms in total. The van der Waals surface area contributed by atoms with E-state index in [9.17, 15) is 4.79 Å². The summed E-state index contributed by atoms with van der Waals surface area (Å²) in [6.07, 6.45) is 0.443. The van der Waals surface area contributed by atoms with Gasteiger partial charge in [0.2, 0.25) is 0 Å². The van der Waals surface area contributed by atoms with E-state index in [1.54, 1.807) is 14.2 Å². The number of cyclic esters (lactones) is 1. The first-order valence-electron chi connectivity index (χ1n) is 12.2. The quantitative estimate of drug-likeness (QED) is 0.266. The van der Waals surface area contributed by atoms with Crippen molar-refractivity contribution in [2.75, 3.05) is 21.0 Å². The van der Waals surface area contributed by atoms with Gasteiger partial charge in [-0.1, -0.05) is 84.9 Å². The van der Waals surface area contributed by atoms with E-state index in [1.807, 2.05) is 18.2 Å². The standard InChI is InChI=1S/C31H26BrNO4/c1-35-27-17-16-20(28(32)29(27)36-2)18-26-30(34)37-19-33(26)31(21-10-4-3-5-11-21)24-14-8-6-12-22(24)23-13-7-9-15-25(23)31/h3-17,26H,18-19H2,1-2H3. The van der Waals surface area contributed by atoms with Crippen molar-refractivity contribution in [3.05, 3.63) is 118 Å². The van der Waals surface area contributed by atoms with Crippen molar-refractivity contribution in [1.82, 2.24) is 4.90 Å². The molecule has 0 amide bonds. The smallest absolute Gasteiger partial charge is 0.325 e. The maximum absolute atomic E-state index is 13.4. The summed E-state index contributed by atoms with van der Waals surface area (Å²) in [5, 5.41) is 0. The zero-order valence-corrected chi connectivity index (χ0v) is 22.2. The molecule has 0 aromatic heterocycles. The highest BCUT2D eigenvalue weighted by Crippen LogP contribution is 2.55. The number of hydrogen-bond donors (Lipinski definition) is 0. The van der Waals surface area contributed by atoms with Crippen LogP contribution < -0.4 is 9.47 Å². The molecule has 37 heavy (non-hydrogen) atoms. The third-order valence-electron chi connectivity index (χ3n) is 7.52. The van der Waals surface area contributed by atoms with Gasteiger partial charge in [0.15, 0.2) is 11.5 Å². The van der Waals surface area contributed by atoms with Gasteiger partial charge in [0.25, 0.3) is 0 Å². The number of methoxy groups -OCH3 is 2. The van der Waals surface area contributed by atoms with E-state index in [0.717, 1.165) is 26.7 Å². The molecule has 1 fully saturated rings. The number of carbonyl (C=O) groups excluding carboxylic acids is 1. The van der Waals surface area contributed by atoms with E-state index in [4.69, 9.17) is 14.2 Å². The highest BCUT2D eigenvalue weighted by Gasteiger charge is 2.55. The molecule has 1 saturated heterocycles. The lowest BCUT2D eigenvalue weighted by Gasteiger charge is -2.42. The van der Waals surface area contributed by atoms with Crippen LogP contribution in [-0.4, -0.2) is 37.9 Å². The van der Waals surface area contributed by atoms with Gasteiger partial charge in [0.05, 0.1) is 18.7 Å². The van der Waals surface area contributed by atoms with Gasteiger partial charge in [-0.2, -0.15) is 0 Å². The van der Waals surface area contributed by atoms with Gasteiger partial charge in [0, 0.05) is 6.42 Å². The van der Waals surface area contributed by atoms with Crippen LogP contribution in [0.4, 0.5) is 0 Å². The van der Waals surface area contributed by atoms with Crippen molar-refractivity contribution in [1.29, 1.82) is 0 Å². The monoisotopic (exact) mass is 555 g/mol. The van der Waals surface area contributed by atoms with E-state index in [-0.39, 0.29) is 12.7 Å². The Bertz CT molecular complexity index is 1440. The molecule has 1 aliphatic heterocycles. The second kappa shape index (κ2) is 9.36. The number of carbonyl (C=O) groups is 1. The van der Waals surface area contributed by atoms with Crippen LogP contribution in [0.3, 0.4) is 0 Å². The largest absolute Gasteiger partial charge is 0.493 e. The molecular weight excluding hydrogens is 530 g/mol. The molecule has 0 saturated carbocycles. The number of rotatable bonds is 6. The van der Waals surface area contributed by atoms with E-state index in [1.165, 1.54) is 11.1 Å². The van der Waals surface area contributed by atoms with Gasteiger partial charge in [-0.25, -0.2) is 4.90 Å². The minimum atomic E-state index is -0.686. The minimum Gasteiger partial charge on any atom is -0.493 e. The van der Waals surface area contributed by atoms with Crippen molar-refractivity contribution in [2.24, 2.45) is 0 Å². The topological polar surface area (TPSA) is 48.0 Å². The molecule has 186 valence electrons. The lowest BCUT2D eigenvalue weighted by Crippen LogP contribution is -2.51. The van der Waals surface area contributed by atoms with Gasteiger partial charge in [-0.3, -0.25) is 4.79 Å². The van der Waals surface area contributed by atoms with Crippen molar-refractivity contribution in [3.8, 4) is 22.6 Å². The summed E-state index contributed by atoms with van der Waals surface area (Å²) >= 11 is 3.70. The van der Waals surface area contributed by atoms with Gasteiger partial charge < -0.3 is 14.2 Å². The maximum atomic E-state index is 13.4. The summed E-state index contributed by atoms with van der Waals surface area (Å²) in [7, 11) is 3.22. The third kappa shape index (κ3) is 3.50. The highest BCUT2D eigenvalue weighted by molar-refractivity contribution is 9.10. The van der Waals surface area contributed by atoms with Gasteiger partial charge >= 0.3 is 5.97 Å². The number of esters is 1. The molecule has 1 atom stereocenters. The maximum Gasteiger partial charge on any atom is 0.325 e. The van der Waals surface area contributed by atoms with Gasteiger partial charge in [-0.15, -0.1) is 0 Å². The highest BCUT2D eigenvalue weighted by atomic mass is 79.9. The summed E-state index contributed by atoms with van der Waals surface area (Å²) < 4.78 is 17.6. The lowest BCUT2D eigenvalue weighted by molar-refractivity contribution is -0.139. The van der Waals surface area contributed by atoms with Crippen molar-refractivity contribution in [3.63, 3.8) is 0 Å². The fourth-order valence-electron chi connectivity index (χ4n) is 5.94. The fourth-order valence-corrected chi connectivity index (χ4v) is 6.60. The number of halogens is 1. The molecule has 1 aliphatic carbocycles. The van der Waals surface area contributed by atoms with Crippen LogP contribution in [0, 0.1) is 0 Å². The van der Waals surface area contributed by atoms with E-state index >= 15 is 0 Å². The summed E-state index contributed by atoms with van der Waals surface area (Å²) in [4.78, 5) is 15.6. The summed E-state index contributed by atoms with van der Waals surface area (Å²) in [6, 6.07) is 30.7. The molecular formula is C31H26BrNO4. The summed E-state index contributed by atoms with van der Waals surface area (Å²) in [6.45, 7) is 0.186. The lowest BCUT2D eigenvalue weighted by atomic mass is 9.78. The Kier molecular flexibility index (Phi) is 6.01. The van der Waals surface area contributed by atoms with Gasteiger partial charge in [-0.05, 0) is 55.4 Å². The molecule has 4 aromatic carbocycles. The average molecular weight is 556 g/mol. The molecule has 0 N–H and O–H groups in total. The normalized spacial score (nSPS) is 17.7. The molecule has 0 bridgehead atoms. The van der Waals surface area contributed by atoms with Crippen LogP contribution in [0.2, 0.25) is 0 Å². The van der Waals surface area contributed by atoms with Crippen molar-refractivity contribution < 1.29 is 19.0 Å². The fraction of sp³-hybridized carbons (Fsp3) is 0.194. The Morgan fingerprint density at radius 3 is 2.11 bits per heavy atom. The van der Waals surface area contributed by atoms with E-state index in [2.05, 4.69) is 93.6 Å². The van der Waals surface area contributed by atoms with Crippen LogP contribution in [0.1, 0.15) is 22.3 Å². The first kappa shape index (κ1) is 23.8. The molecule has 0 spiro atoms. The predicted molar refractivity (Wildman–Crippen MR) is 146 cm³/mol. The Hall–Kier alpha value is -3.61. The summed E-state index contributed by atoms with van der Waals surface area (Å²) in [5.41, 5.74) is 6.00. The number of ether oxygens (including phenoxy) is 3. The average Bonchev–Trinajstić information content (AvgIpc) is 3.45. The third-order valence-corrected chi connectivity index (χ3v) is 8.39. The summed E-state index contributed by atoms with van der Waals surface area (Å²) in [5.74, 6) is 0.995. The molecule has 0 radical (unpaired) electrons. The van der Waals surface area contributed by atoms with Crippen molar-refractivity contribution in [2.45, 2.75) is 18.0 Å². The zero-order valence-electron chi connectivity index (χ0n) is 20.6. The molecule has 2 aliphatic rings. The number of nitrogens with zero attached hydrogens (tertiary/aromatic N) is 1. The second-order valence-corrected chi connectivity index (χ2v) is 10.0. The predicted octanol–water partition coefficient (Wildman–Crippen LogP) is 6.17. The Morgan fingerprint density at radius 1 is 0.865 bits per heavy atom. The Balaban J connectivity index is 1.56. The molecule has 6 rings (SSSR count). The SMILES string of the molecule is COc1ccc(CC2C(=O)OCN2C2(c3ccccc3)c3ccccc3-c3ccccc32)c(Br)c1OC. The van der Waals surface area contributed by atoms with Crippen LogP contribution in [0.25, 0.3) is 11.1 Å². The molecule has 1 unspecified atom stereocenters. The van der Waals surface area contributed by atoms with Crippen LogP contribution >= 0.6 is 15.9 Å². The second-order valence-electron chi connectivity index (χ2n) is 9.22. The van der Waals surface area contributed by atoms with Gasteiger partial charge in [0.1, 0.15) is 18.3 Å². The molecule has 1 heterocycles. The first-order chi connectivity index (χ1) is 18.1. The Labute approximate surface area is 224 Å². The molecule has 4 aromatic rings. The minimum absolute atomic E-state index is 0.186. The van der Waals surface area contributed by atoms with E-state index < -0.39 is 11.6 Å². The molecule has 6 heteroatoms. The van der Waals surface area contributed by atoms with Crippen LogP contribution in [-0.2, 0) is 21.5 Å².